The molecule has 3 aliphatic heterocycles. The third-order valence-corrected chi connectivity index (χ3v) is 7.79. The lowest BCUT2D eigenvalue weighted by molar-refractivity contribution is -0.141. The standard InChI is InChI=1S/C24H33N3O3/c1-4-5-19-6-8-20(9-7-19)21(29)26-14-10-23(11-15-26)16-27(18(2)28)17-24(23)12-13-25(3)22(24)30/h6-9H,4-5,10-17H2,1-3H3/t24-/m0/s1. The van der Waals surface area contributed by atoms with E-state index in [0.29, 0.717) is 26.2 Å². The highest BCUT2D eigenvalue weighted by Gasteiger charge is 2.65. The first kappa shape index (κ1) is 20.9. The highest BCUT2D eigenvalue weighted by Crippen LogP contribution is 2.57. The van der Waals surface area contributed by atoms with Gasteiger partial charge in [0.15, 0.2) is 0 Å². The second-order valence-electron chi connectivity index (χ2n) is 9.45. The average Bonchev–Trinajstić information content (AvgIpc) is 3.22. The van der Waals surface area contributed by atoms with E-state index in [4.69, 9.17) is 0 Å². The van der Waals surface area contributed by atoms with E-state index in [-0.39, 0.29) is 23.1 Å². The molecule has 6 nitrogen and oxygen atoms in total. The zero-order valence-corrected chi connectivity index (χ0v) is 18.4. The van der Waals surface area contributed by atoms with Crippen LogP contribution in [0.4, 0.5) is 0 Å². The predicted octanol–water partition coefficient (Wildman–Crippen LogP) is 2.57. The van der Waals surface area contributed by atoms with Crippen LogP contribution in [0.5, 0.6) is 0 Å². The number of hydrogen-bond acceptors (Lipinski definition) is 3. The van der Waals surface area contributed by atoms with Gasteiger partial charge < -0.3 is 14.7 Å². The highest BCUT2D eigenvalue weighted by molar-refractivity contribution is 5.94. The predicted molar refractivity (Wildman–Crippen MR) is 115 cm³/mol. The van der Waals surface area contributed by atoms with Gasteiger partial charge in [0.2, 0.25) is 11.8 Å². The second kappa shape index (κ2) is 7.71. The number of aryl methyl sites for hydroxylation is 1. The molecular formula is C24H33N3O3. The summed E-state index contributed by atoms with van der Waals surface area (Å²) in [7, 11) is 1.86. The van der Waals surface area contributed by atoms with E-state index in [9.17, 15) is 14.4 Å². The van der Waals surface area contributed by atoms with Gasteiger partial charge in [-0.3, -0.25) is 14.4 Å². The van der Waals surface area contributed by atoms with Crippen molar-refractivity contribution in [2.45, 2.75) is 46.0 Å². The number of amides is 3. The molecule has 4 rings (SSSR count). The Morgan fingerprint density at radius 1 is 0.967 bits per heavy atom. The fourth-order valence-corrected chi connectivity index (χ4v) is 5.92. The Labute approximate surface area is 179 Å². The van der Waals surface area contributed by atoms with Crippen molar-refractivity contribution in [3.63, 3.8) is 0 Å². The Kier molecular flexibility index (Phi) is 5.37. The van der Waals surface area contributed by atoms with Crippen LogP contribution in [-0.2, 0) is 16.0 Å². The molecule has 3 heterocycles. The van der Waals surface area contributed by atoms with Gasteiger partial charge in [0.25, 0.3) is 5.91 Å². The Morgan fingerprint density at radius 2 is 1.63 bits per heavy atom. The minimum absolute atomic E-state index is 0.0410. The molecule has 0 bridgehead atoms. The summed E-state index contributed by atoms with van der Waals surface area (Å²) >= 11 is 0. The Balaban J connectivity index is 1.51. The minimum Gasteiger partial charge on any atom is -0.345 e. The van der Waals surface area contributed by atoms with Crippen molar-refractivity contribution in [3.05, 3.63) is 35.4 Å². The normalized spacial score (nSPS) is 25.6. The summed E-state index contributed by atoms with van der Waals surface area (Å²) in [6.07, 6.45) is 4.47. The lowest BCUT2D eigenvalue weighted by atomic mass is 9.60. The molecular weight excluding hydrogens is 378 g/mol. The SMILES string of the molecule is CCCc1ccc(C(=O)N2CCC3(CC2)CN(C(C)=O)C[C@]32CCN(C)C2=O)cc1. The van der Waals surface area contributed by atoms with Crippen molar-refractivity contribution < 1.29 is 14.4 Å². The fraction of sp³-hybridized carbons (Fsp3) is 0.625. The number of nitrogens with zero attached hydrogens (tertiary/aromatic N) is 3. The van der Waals surface area contributed by atoms with Crippen LogP contribution in [0, 0.1) is 10.8 Å². The quantitative estimate of drug-likeness (QED) is 0.768. The zero-order valence-electron chi connectivity index (χ0n) is 18.4. The van der Waals surface area contributed by atoms with Gasteiger partial charge in [-0.1, -0.05) is 25.5 Å². The van der Waals surface area contributed by atoms with Crippen LogP contribution < -0.4 is 0 Å². The van der Waals surface area contributed by atoms with Crippen molar-refractivity contribution in [2.75, 3.05) is 39.8 Å². The minimum atomic E-state index is -0.482. The molecule has 1 aromatic rings. The van der Waals surface area contributed by atoms with Crippen molar-refractivity contribution in [3.8, 4) is 0 Å². The number of fused-ring (bicyclic) bond motifs is 1. The van der Waals surface area contributed by atoms with Gasteiger partial charge in [0, 0.05) is 57.7 Å². The van der Waals surface area contributed by atoms with E-state index in [0.717, 1.165) is 44.2 Å². The van der Waals surface area contributed by atoms with Crippen molar-refractivity contribution in [2.24, 2.45) is 10.8 Å². The molecule has 0 saturated carbocycles. The zero-order chi connectivity index (χ0) is 21.5. The van der Waals surface area contributed by atoms with E-state index in [1.807, 2.05) is 46.0 Å². The molecule has 1 aromatic carbocycles. The Morgan fingerprint density at radius 3 is 2.17 bits per heavy atom. The van der Waals surface area contributed by atoms with Gasteiger partial charge in [-0.25, -0.2) is 0 Å². The number of carbonyl (C=O) groups excluding carboxylic acids is 3. The average molecular weight is 412 g/mol. The maximum atomic E-state index is 13.2. The Hall–Kier alpha value is -2.37. The highest BCUT2D eigenvalue weighted by atomic mass is 16.2. The first-order valence-electron chi connectivity index (χ1n) is 11.2. The van der Waals surface area contributed by atoms with E-state index in [1.165, 1.54) is 5.56 Å². The van der Waals surface area contributed by atoms with Crippen molar-refractivity contribution in [1.29, 1.82) is 0 Å². The van der Waals surface area contributed by atoms with E-state index >= 15 is 0 Å². The lowest BCUT2D eigenvalue weighted by Gasteiger charge is -2.46. The molecule has 0 aliphatic carbocycles. The van der Waals surface area contributed by atoms with Gasteiger partial charge in [0.1, 0.15) is 0 Å². The smallest absolute Gasteiger partial charge is 0.253 e. The summed E-state index contributed by atoms with van der Waals surface area (Å²) in [4.78, 5) is 44.0. The summed E-state index contributed by atoms with van der Waals surface area (Å²) in [6.45, 7) is 6.93. The van der Waals surface area contributed by atoms with Crippen LogP contribution in [0.15, 0.2) is 24.3 Å². The van der Waals surface area contributed by atoms with Crippen LogP contribution in [0.3, 0.4) is 0 Å². The summed E-state index contributed by atoms with van der Waals surface area (Å²) in [6, 6.07) is 7.96. The molecule has 3 saturated heterocycles. The second-order valence-corrected chi connectivity index (χ2v) is 9.45. The Bertz CT molecular complexity index is 842. The molecule has 0 aromatic heterocycles. The molecule has 6 heteroatoms. The molecule has 0 N–H and O–H groups in total. The number of hydrogen-bond donors (Lipinski definition) is 0. The number of piperidine rings is 1. The van der Waals surface area contributed by atoms with Crippen LogP contribution in [0.2, 0.25) is 0 Å². The summed E-state index contributed by atoms with van der Waals surface area (Å²) in [5.74, 6) is 0.287. The fourth-order valence-electron chi connectivity index (χ4n) is 5.92. The molecule has 0 unspecified atom stereocenters. The van der Waals surface area contributed by atoms with Gasteiger partial charge in [-0.05, 0) is 43.4 Å². The van der Waals surface area contributed by atoms with E-state index < -0.39 is 5.41 Å². The number of likely N-dealkylation sites (tertiary alicyclic amines) is 3. The van der Waals surface area contributed by atoms with Crippen LogP contribution in [-0.4, -0.2) is 72.2 Å². The van der Waals surface area contributed by atoms with Gasteiger partial charge >= 0.3 is 0 Å². The van der Waals surface area contributed by atoms with Crippen LogP contribution >= 0.6 is 0 Å². The monoisotopic (exact) mass is 411 g/mol. The summed E-state index contributed by atoms with van der Waals surface area (Å²) in [5, 5.41) is 0. The molecule has 0 radical (unpaired) electrons. The van der Waals surface area contributed by atoms with Crippen molar-refractivity contribution >= 4 is 17.7 Å². The molecule has 2 spiro atoms. The molecule has 3 amide bonds. The van der Waals surface area contributed by atoms with E-state index in [2.05, 4.69) is 6.92 Å². The van der Waals surface area contributed by atoms with Crippen molar-refractivity contribution in [1.82, 2.24) is 14.7 Å². The molecule has 1 atom stereocenters. The van der Waals surface area contributed by atoms with Crippen LogP contribution in [0.25, 0.3) is 0 Å². The molecule has 30 heavy (non-hydrogen) atoms. The van der Waals surface area contributed by atoms with Gasteiger partial charge in [-0.2, -0.15) is 0 Å². The third kappa shape index (κ3) is 3.21. The van der Waals surface area contributed by atoms with E-state index in [1.54, 1.807) is 6.92 Å². The maximum absolute atomic E-state index is 13.2. The number of rotatable bonds is 3. The lowest BCUT2D eigenvalue weighted by Crippen LogP contribution is -2.53. The maximum Gasteiger partial charge on any atom is 0.253 e. The first-order chi connectivity index (χ1) is 14.3. The largest absolute Gasteiger partial charge is 0.345 e. The number of carbonyl (C=O) groups is 3. The third-order valence-electron chi connectivity index (χ3n) is 7.79. The van der Waals surface area contributed by atoms with Gasteiger partial charge in [0.05, 0.1) is 5.41 Å². The molecule has 3 aliphatic rings. The topological polar surface area (TPSA) is 60.9 Å². The molecule has 3 fully saturated rings. The van der Waals surface area contributed by atoms with Gasteiger partial charge in [-0.15, -0.1) is 0 Å². The summed E-state index contributed by atoms with van der Waals surface area (Å²) in [5.41, 5.74) is 1.29. The summed E-state index contributed by atoms with van der Waals surface area (Å²) < 4.78 is 0. The van der Waals surface area contributed by atoms with Crippen LogP contribution in [0.1, 0.15) is 55.5 Å². The first-order valence-corrected chi connectivity index (χ1v) is 11.2. The molecule has 162 valence electrons. The number of benzene rings is 1.